The lowest BCUT2D eigenvalue weighted by atomic mass is 9.93. The molecule has 0 aliphatic heterocycles. The molecule has 6 heteroatoms. The van der Waals surface area contributed by atoms with Crippen molar-refractivity contribution in [2.45, 2.75) is 39.0 Å². The lowest BCUT2D eigenvalue weighted by Gasteiger charge is -2.23. The molecule has 0 fully saturated rings. The van der Waals surface area contributed by atoms with Crippen LogP contribution in [0.2, 0.25) is 0 Å². The first-order valence-corrected chi connectivity index (χ1v) is 8.45. The van der Waals surface area contributed by atoms with E-state index in [2.05, 4.69) is 0 Å². The lowest BCUT2D eigenvalue weighted by Crippen LogP contribution is -2.06. The number of rotatable bonds is 7. The SMILES string of the molecule is CCOP(=O)(OCC)OC1=CC(c2ccco2)CCC1. The van der Waals surface area contributed by atoms with E-state index in [1.807, 2.05) is 18.2 Å². The van der Waals surface area contributed by atoms with Gasteiger partial charge in [0.2, 0.25) is 0 Å². The van der Waals surface area contributed by atoms with Crippen LogP contribution in [0.4, 0.5) is 0 Å². The van der Waals surface area contributed by atoms with E-state index in [1.54, 1.807) is 20.1 Å². The van der Waals surface area contributed by atoms with E-state index in [9.17, 15) is 4.57 Å². The normalized spacial score (nSPS) is 19.7. The molecule has 2 rings (SSSR count). The molecular formula is C14H21O5P. The van der Waals surface area contributed by atoms with Gasteiger partial charge in [-0.2, -0.15) is 0 Å². The molecule has 0 amide bonds. The van der Waals surface area contributed by atoms with E-state index in [1.165, 1.54) is 0 Å². The summed E-state index contributed by atoms with van der Waals surface area (Å²) in [6, 6.07) is 3.80. The monoisotopic (exact) mass is 300 g/mol. The zero-order chi connectivity index (χ0) is 14.4. The van der Waals surface area contributed by atoms with Crippen LogP contribution in [0.1, 0.15) is 44.8 Å². The van der Waals surface area contributed by atoms with Gasteiger partial charge in [-0.25, -0.2) is 4.57 Å². The first-order valence-electron chi connectivity index (χ1n) is 6.99. The summed E-state index contributed by atoms with van der Waals surface area (Å²) >= 11 is 0. The Kier molecular flexibility index (Phi) is 5.46. The quantitative estimate of drug-likeness (QED) is 0.687. The highest BCUT2D eigenvalue weighted by Gasteiger charge is 2.30. The number of allylic oxidation sites excluding steroid dienone is 2. The minimum absolute atomic E-state index is 0.158. The Hall–Kier alpha value is -1.03. The number of hydrogen-bond acceptors (Lipinski definition) is 5. The number of phosphoric ester groups is 1. The molecular weight excluding hydrogens is 279 g/mol. The Morgan fingerprint density at radius 2 is 2.10 bits per heavy atom. The van der Waals surface area contributed by atoms with Crippen molar-refractivity contribution in [1.29, 1.82) is 0 Å². The minimum Gasteiger partial charge on any atom is -0.469 e. The molecule has 1 aromatic heterocycles. The standard InChI is InChI=1S/C14H21O5P/c1-3-17-20(15,18-4-2)19-13-8-5-7-12(11-13)14-9-6-10-16-14/h6,9-12H,3-5,7-8H2,1-2H3. The van der Waals surface area contributed by atoms with Gasteiger partial charge in [-0.3, -0.25) is 9.05 Å². The van der Waals surface area contributed by atoms with Crippen LogP contribution in [0, 0.1) is 0 Å². The van der Waals surface area contributed by atoms with Crippen LogP contribution in [0.25, 0.3) is 0 Å². The third-order valence-electron chi connectivity index (χ3n) is 3.04. The third-order valence-corrected chi connectivity index (χ3v) is 4.64. The molecule has 0 bridgehead atoms. The fraction of sp³-hybridized carbons (Fsp3) is 0.571. The molecule has 0 aromatic carbocycles. The molecule has 1 unspecified atom stereocenters. The van der Waals surface area contributed by atoms with Crippen LogP contribution in [-0.4, -0.2) is 13.2 Å². The predicted molar refractivity (Wildman–Crippen MR) is 75.3 cm³/mol. The predicted octanol–water partition coefficient (Wildman–Crippen LogP) is 4.63. The summed E-state index contributed by atoms with van der Waals surface area (Å²) < 4.78 is 33.6. The highest BCUT2D eigenvalue weighted by Crippen LogP contribution is 2.52. The number of hydrogen-bond donors (Lipinski definition) is 0. The van der Waals surface area contributed by atoms with Gasteiger partial charge in [0.05, 0.1) is 19.5 Å². The molecule has 0 saturated carbocycles. The molecule has 1 atom stereocenters. The molecule has 0 radical (unpaired) electrons. The Bertz CT molecular complexity index is 470. The Labute approximate surface area is 119 Å². The first-order chi connectivity index (χ1) is 9.67. The molecule has 20 heavy (non-hydrogen) atoms. The van der Waals surface area contributed by atoms with Crippen molar-refractivity contribution >= 4 is 7.82 Å². The molecule has 112 valence electrons. The molecule has 1 heterocycles. The van der Waals surface area contributed by atoms with E-state index in [4.69, 9.17) is 18.0 Å². The molecule has 0 N–H and O–H groups in total. The summed E-state index contributed by atoms with van der Waals surface area (Å²) in [7, 11) is -3.49. The van der Waals surface area contributed by atoms with Gasteiger partial charge in [-0.05, 0) is 44.9 Å². The van der Waals surface area contributed by atoms with Crippen LogP contribution in [0.3, 0.4) is 0 Å². The lowest BCUT2D eigenvalue weighted by molar-refractivity contribution is 0.141. The van der Waals surface area contributed by atoms with E-state index in [0.717, 1.165) is 25.0 Å². The van der Waals surface area contributed by atoms with Crippen LogP contribution >= 0.6 is 7.82 Å². The highest BCUT2D eigenvalue weighted by atomic mass is 31.2. The van der Waals surface area contributed by atoms with Crippen molar-refractivity contribution in [3.8, 4) is 0 Å². The second-order valence-electron chi connectivity index (χ2n) is 4.52. The van der Waals surface area contributed by atoms with Crippen LogP contribution < -0.4 is 0 Å². The van der Waals surface area contributed by atoms with Crippen molar-refractivity contribution in [2.75, 3.05) is 13.2 Å². The fourth-order valence-electron chi connectivity index (χ4n) is 2.24. The summed E-state index contributed by atoms with van der Waals surface area (Å²) in [5.74, 6) is 1.71. The average molecular weight is 300 g/mol. The summed E-state index contributed by atoms with van der Waals surface area (Å²) in [5, 5.41) is 0. The van der Waals surface area contributed by atoms with Gasteiger partial charge in [-0.1, -0.05) is 0 Å². The van der Waals surface area contributed by atoms with Gasteiger partial charge in [0, 0.05) is 12.3 Å². The van der Waals surface area contributed by atoms with Crippen molar-refractivity contribution < 1.29 is 22.6 Å². The zero-order valence-corrected chi connectivity index (χ0v) is 12.8. The van der Waals surface area contributed by atoms with E-state index < -0.39 is 7.82 Å². The van der Waals surface area contributed by atoms with Crippen molar-refractivity contribution in [1.82, 2.24) is 0 Å². The Balaban J connectivity index is 2.09. The maximum Gasteiger partial charge on any atom is 0.529 e. The first kappa shape index (κ1) is 15.4. The van der Waals surface area contributed by atoms with Gasteiger partial charge in [-0.15, -0.1) is 0 Å². The van der Waals surface area contributed by atoms with Gasteiger partial charge >= 0.3 is 7.82 Å². The summed E-state index contributed by atoms with van der Waals surface area (Å²) in [6.07, 6.45) is 6.29. The largest absolute Gasteiger partial charge is 0.529 e. The van der Waals surface area contributed by atoms with Crippen LogP contribution in [0.15, 0.2) is 34.6 Å². The maximum atomic E-state index is 12.3. The van der Waals surface area contributed by atoms with Gasteiger partial charge < -0.3 is 8.94 Å². The van der Waals surface area contributed by atoms with Gasteiger partial charge in [0.1, 0.15) is 11.5 Å². The summed E-state index contributed by atoms with van der Waals surface area (Å²) in [5.41, 5.74) is 0. The Morgan fingerprint density at radius 3 is 2.70 bits per heavy atom. The topological polar surface area (TPSA) is 57.9 Å². The van der Waals surface area contributed by atoms with Crippen molar-refractivity contribution in [3.05, 3.63) is 36.0 Å². The van der Waals surface area contributed by atoms with Crippen molar-refractivity contribution in [2.24, 2.45) is 0 Å². The average Bonchev–Trinajstić information content (AvgIpc) is 2.93. The second-order valence-corrected chi connectivity index (χ2v) is 6.11. The molecule has 1 aromatic rings. The van der Waals surface area contributed by atoms with Gasteiger partial charge in [0.25, 0.3) is 0 Å². The van der Waals surface area contributed by atoms with E-state index in [0.29, 0.717) is 5.76 Å². The Morgan fingerprint density at radius 1 is 1.35 bits per heavy atom. The van der Waals surface area contributed by atoms with Crippen molar-refractivity contribution in [3.63, 3.8) is 0 Å². The minimum atomic E-state index is -3.49. The summed E-state index contributed by atoms with van der Waals surface area (Å²) in [6.45, 7) is 4.09. The maximum absolute atomic E-state index is 12.3. The molecule has 5 nitrogen and oxygen atoms in total. The zero-order valence-electron chi connectivity index (χ0n) is 11.9. The second kappa shape index (κ2) is 7.11. The highest BCUT2D eigenvalue weighted by molar-refractivity contribution is 7.48. The molecule has 1 aliphatic rings. The molecule has 0 spiro atoms. The fourth-order valence-corrected chi connectivity index (χ4v) is 3.49. The smallest absolute Gasteiger partial charge is 0.469 e. The van der Waals surface area contributed by atoms with Crippen LogP contribution in [0.5, 0.6) is 0 Å². The molecule has 1 aliphatic carbocycles. The molecule has 0 saturated heterocycles. The van der Waals surface area contributed by atoms with E-state index in [-0.39, 0.29) is 19.1 Å². The summed E-state index contributed by atoms with van der Waals surface area (Å²) in [4.78, 5) is 0. The van der Waals surface area contributed by atoms with Gasteiger partial charge in [0.15, 0.2) is 0 Å². The van der Waals surface area contributed by atoms with E-state index >= 15 is 0 Å². The number of phosphoric acid groups is 1. The van der Waals surface area contributed by atoms with Crippen LogP contribution in [-0.2, 0) is 18.1 Å². The number of furan rings is 1. The third kappa shape index (κ3) is 3.98.